The Bertz CT molecular complexity index is 677. The van der Waals surface area contributed by atoms with Gasteiger partial charge in [-0.25, -0.2) is 0 Å². The fourth-order valence-corrected chi connectivity index (χ4v) is 3.59. The average Bonchev–Trinajstić information content (AvgIpc) is 2.90. The highest BCUT2D eigenvalue weighted by molar-refractivity contribution is 8.18. The first-order chi connectivity index (χ1) is 11.5. The van der Waals surface area contributed by atoms with Gasteiger partial charge in [-0.05, 0) is 44.8 Å². The minimum absolute atomic E-state index is 0.0913. The number of amidine groups is 1. The number of carbonyl (C=O) groups excluding carboxylic acids is 1. The molecule has 0 radical (unpaired) electrons. The molecule has 0 bridgehead atoms. The van der Waals surface area contributed by atoms with Crippen molar-refractivity contribution in [1.82, 2.24) is 9.80 Å². The molecular weight excluding hydrogens is 322 g/mol. The zero-order valence-corrected chi connectivity index (χ0v) is 15.2. The third-order valence-electron chi connectivity index (χ3n) is 3.95. The van der Waals surface area contributed by atoms with E-state index < -0.39 is 0 Å². The monoisotopic (exact) mass is 345 g/mol. The molecule has 24 heavy (non-hydrogen) atoms. The Kier molecular flexibility index (Phi) is 5.26. The second-order valence-corrected chi connectivity index (χ2v) is 7.31. The number of rotatable bonds is 3. The number of aliphatic imine (C=N–C) groups is 1. The van der Waals surface area contributed by atoms with Crippen LogP contribution in [0.5, 0.6) is 5.75 Å². The van der Waals surface area contributed by atoms with E-state index >= 15 is 0 Å². The van der Waals surface area contributed by atoms with Gasteiger partial charge in [0.2, 0.25) is 0 Å². The maximum atomic E-state index is 12.3. The molecule has 0 aromatic heterocycles. The number of piperazine rings is 1. The van der Waals surface area contributed by atoms with Crippen molar-refractivity contribution in [3.8, 4) is 5.75 Å². The van der Waals surface area contributed by atoms with Gasteiger partial charge in [0.15, 0.2) is 5.17 Å². The van der Waals surface area contributed by atoms with E-state index in [1.165, 1.54) is 11.8 Å². The number of thioether (sulfide) groups is 1. The molecule has 1 aromatic carbocycles. The summed E-state index contributed by atoms with van der Waals surface area (Å²) in [6.45, 7) is 7.81. The van der Waals surface area contributed by atoms with E-state index in [1.807, 2.05) is 44.2 Å². The Morgan fingerprint density at radius 1 is 1.21 bits per heavy atom. The van der Waals surface area contributed by atoms with E-state index in [-0.39, 0.29) is 12.0 Å². The summed E-state index contributed by atoms with van der Waals surface area (Å²) in [5, 5.41) is 0.821. The fraction of sp³-hybridized carbons (Fsp3) is 0.444. The molecule has 128 valence electrons. The largest absolute Gasteiger partial charge is 0.490 e. The number of ether oxygens (including phenoxy) is 1. The molecule has 1 fully saturated rings. The second kappa shape index (κ2) is 7.40. The highest BCUT2D eigenvalue weighted by Gasteiger charge is 2.28. The van der Waals surface area contributed by atoms with Crippen LogP contribution in [0.1, 0.15) is 19.4 Å². The zero-order valence-electron chi connectivity index (χ0n) is 14.4. The van der Waals surface area contributed by atoms with E-state index in [0.29, 0.717) is 4.91 Å². The van der Waals surface area contributed by atoms with Crippen molar-refractivity contribution in [2.24, 2.45) is 4.99 Å². The minimum Gasteiger partial charge on any atom is -0.490 e. The highest BCUT2D eigenvalue weighted by atomic mass is 32.2. The molecule has 0 unspecified atom stereocenters. The van der Waals surface area contributed by atoms with Gasteiger partial charge in [-0.15, -0.1) is 0 Å². The van der Waals surface area contributed by atoms with Gasteiger partial charge in [0.25, 0.3) is 5.91 Å². The predicted octanol–water partition coefficient (Wildman–Crippen LogP) is 2.69. The lowest BCUT2D eigenvalue weighted by atomic mass is 10.2. The lowest BCUT2D eigenvalue weighted by Crippen LogP contribution is -2.46. The lowest BCUT2D eigenvalue weighted by Gasteiger charge is -2.32. The van der Waals surface area contributed by atoms with Crippen molar-refractivity contribution >= 4 is 28.9 Å². The van der Waals surface area contributed by atoms with Crippen molar-refractivity contribution in [3.05, 3.63) is 34.7 Å². The van der Waals surface area contributed by atoms with Crippen molar-refractivity contribution in [2.45, 2.75) is 20.0 Å². The molecule has 1 saturated heterocycles. The Morgan fingerprint density at radius 2 is 1.92 bits per heavy atom. The number of para-hydroxylation sites is 1. The summed E-state index contributed by atoms with van der Waals surface area (Å²) in [5.41, 5.74) is 0.914. The van der Waals surface area contributed by atoms with Crippen molar-refractivity contribution in [2.75, 3.05) is 33.2 Å². The third kappa shape index (κ3) is 3.99. The molecule has 0 saturated carbocycles. The van der Waals surface area contributed by atoms with E-state index in [9.17, 15) is 4.79 Å². The normalized spacial score (nSPS) is 20.8. The van der Waals surface area contributed by atoms with Crippen LogP contribution in [-0.2, 0) is 4.79 Å². The molecule has 5 nitrogen and oxygen atoms in total. The van der Waals surface area contributed by atoms with Crippen LogP contribution in [0.25, 0.3) is 6.08 Å². The number of amides is 1. The Labute approximate surface area is 147 Å². The Morgan fingerprint density at radius 3 is 2.62 bits per heavy atom. The molecule has 1 amide bonds. The van der Waals surface area contributed by atoms with Crippen molar-refractivity contribution in [3.63, 3.8) is 0 Å². The van der Waals surface area contributed by atoms with Gasteiger partial charge in [-0.1, -0.05) is 18.2 Å². The molecule has 0 aliphatic carbocycles. The molecule has 0 spiro atoms. The quantitative estimate of drug-likeness (QED) is 0.788. The molecule has 6 heteroatoms. The van der Waals surface area contributed by atoms with Crippen LogP contribution in [0.3, 0.4) is 0 Å². The van der Waals surface area contributed by atoms with E-state index in [2.05, 4.69) is 21.8 Å². The Hall–Kier alpha value is -1.79. The van der Waals surface area contributed by atoms with Crippen LogP contribution in [0.2, 0.25) is 0 Å². The molecule has 3 rings (SSSR count). The zero-order chi connectivity index (χ0) is 17.1. The van der Waals surface area contributed by atoms with Crippen LogP contribution in [0.15, 0.2) is 34.2 Å². The summed E-state index contributed by atoms with van der Waals surface area (Å²) in [5.74, 6) is 0.634. The van der Waals surface area contributed by atoms with Crippen LogP contribution in [0.4, 0.5) is 0 Å². The number of nitrogens with zero attached hydrogens (tertiary/aromatic N) is 3. The minimum atomic E-state index is -0.159. The van der Waals surface area contributed by atoms with E-state index in [1.54, 1.807) is 0 Å². The standard InChI is InChI=1S/C18H23N3O2S/c1-13(2)23-15-7-5-4-6-14(15)12-16-17(22)19-18(24-16)21-10-8-20(3)9-11-21/h4-7,12-13H,8-11H2,1-3H3. The third-order valence-corrected chi connectivity index (χ3v) is 5.00. The maximum Gasteiger partial charge on any atom is 0.286 e. The second-order valence-electron chi connectivity index (χ2n) is 6.30. The molecule has 0 N–H and O–H groups in total. The summed E-state index contributed by atoms with van der Waals surface area (Å²) >= 11 is 1.46. The average molecular weight is 345 g/mol. The van der Waals surface area contributed by atoms with Gasteiger partial charge in [0.05, 0.1) is 11.0 Å². The highest BCUT2D eigenvalue weighted by Crippen LogP contribution is 2.32. The number of likely N-dealkylation sites (N-methyl/N-ethyl adjacent to an activating group) is 1. The molecule has 0 atom stereocenters. The lowest BCUT2D eigenvalue weighted by molar-refractivity contribution is -0.113. The summed E-state index contributed by atoms with van der Waals surface area (Å²) in [4.78, 5) is 21.7. The van der Waals surface area contributed by atoms with Gasteiger partial charge in [0.1, 0.15) is 5.75 Å². The first-order valence-electron chi connectivity index (χ1n) is 8.24. The summed E-state index contributed by atoms with van der Waals surface area (Å²) in [7, 11) is 2.11. The van der Waals surface area contributed by atoms with E-state index in [4.69, 9.17) is 4.74 Å². The molecule has 2 aliphatic rings. The van der Waals surface area contributed by atoms with Crippen LogP contribution < -0.4 is 4.74 Å². The summed E-state index contributed by atoms with van der Waals surface area (Å²) in [6.07, 6.45) is 1.98. The summed E-state index contributed by atoms with van der Waals surface area (Å²) in [6, 6.07) is 7.78. The first kappa shape index (κ1) is 17.0. The summed E-state index contributed by atoms with van der Waals surface area (Å²) < 4.78 is 5.83. The number of carbonyl (C=O) groups is 1. The Balaban J connectivity index is 1.75. The van der Waals surface area contributed by atoms with Gasteiger partial charge in [-0.2, -0.15) is 4.99 Å². The smallest absolute Gasteiger partial charge is 0.286 e. The SMILES string of the molecule is CC(C)Oc1ccccc1C=C1SC(N2CCN(C)CC2)=NC1=O. The first-order valence-corrected chi connectivity index (χ1v) is 9.06. The van der Waals surface area contributed by atoms with Gasteiger partial charge >= 0.3 is 0 Å². The van der Waals surface area contributed by atoms with Crippen LogP contribution in [0, 0.1) is 0 Å². The van der Waals surface area contributed by atoms with Crippen LogP contribution in [-0.4, -0.2) is 60.2 Å². The van der Waals surface area contributed by atoms with Crippen LogP contribution >= 0.6 is 11.8 Å². The molecule has 2 aliphatic heterocycles. The van der Waals surface area contributed by atoms with Gasteiger partial charge in [-0.3, -0.25) is 4.79 Å². The fourth-order valence-electron chi connectivity index (χ4n) is 2.63. The maximum absolute atomic E-state index is 12.3. The number of benzene rings is 1. The topological polar surface area (TPSA) is 45.1 Å². The number of hydrogen-bond acceptors (Lipinski definition) is 5. The van der Waals surface area contributed by atoms with Gasteiger partial charge < -0.3 is 14.5 Å². The van der Waals surface area contributed by atoms with Crippen molar-refractivity contribution in [1.29, 1.82) is 0 Å². The molecule has 2 heterocycles. The molecular formula is C18H23N3O2S. The predicted molar refractivity (Wildman–Crippen MR) is 99.3 cm³/mol. The van der Waals surface area contributed by atoms with E-state index in [0.717, 1.165) is 42.7 Å². The number of hydrogen-bond donors (Lipinski definition) is 0. The molecule has 1 aromatic rings. The van der Waals surface area contributed by atoms with Gasteiger partial charge in [0, 0.05) is 31.7 Å². The van der Waals surface area contributed by atoms with Crippen molar-refractivity contribution < 1.29 is 9.53 Å².